The van der Waals surface area contributed by atoms with Crippen LogP contribution in [0.3, 0.4) is 0 Å². The number of hydrogen-bond donors (Lipinski definition) is 2. The highest BCUT2D eigenvalue weighted by Crippen LogP contribution is 2.17. The maximum Gasteiger partial charge on any atom is 0.169 e. The first-order valence-electron chi connectivity index (χ1n) is 7.14. The summed E-state index contributed by atoms with van der Waals surface area (Å²) in [6.07, 6.45) is 3.99. The van der Waals surface area contributed by atoms with E-state index in [0.717, 1.165) is 0 Å². The predicted molar refractivity (Wildman–Crippen MR) is 87.4 cm³/mol. The zero-order valence-electron chi connectivity index (χ0n) is 13.5. The van der Waals surface area contributed by atoms with Gasteiger partial charge in [0.2, 0.25) is 0 Å². The molecule has 2 N–H and O–H groups in total. The molecule has 2 unspecified atom stereocenters. The van der Waals surface area contributed by atoms with Crippen LogP contribution in [0.5, 0.6) is 0 Å². The van der Waals surface area contributed by atoms with Gasteiger partial charge >= 0.3 is 0 Å². The highest BCUT2D eigenvalue weighted by molar-refractivity contribution is 7.84. The van der Waals surface area contributed by atoms with Crippen LogP contribution >= 0.6 is 0 Å². The average molecular weight is 315 g/mol. The monoisotopic (exact) mass is 315 g/mol. The van der Waals surface area contributed by atoms with Crippen molar-refractivity contribution >= 4 is 16.6 Å². The minimum atomic E-state index is -0.831. The molecule has 0 aliphatic carbocycles. The molecule has 0 spiro atoms. The van der Waals surface area contributed by atoms with E-state index in [1.54, 1.807) is 18.5 Å². The van der Waals surface area contributed by atoms with Crippen molar-refractivity contribution in [1.29, 1.82) is 0 Å². The summed E-state index contributed by atoms with van der Waals surface area (Å²) in [5.41, 5.74) is 0.524. The quantitative estimate of drug-likeness (QED) is 0.812. The molecule has 0 amide bonds. The van der Waals surface area contributed by atoms with Crippen LogP contribution in [0, 0.1) is 5.82 Å². The van der Waals surface area contributed by atoms with Crippen LogP contribution in [0.4, 0.5) is 10.2 Å². The number of anilines is 1. The number of rotatable bonds is 7. The van der Waals surface area contributed by atoms with Gasteiger partial charge in [-0.1, -0.05) is 0 Å². The van der Waals surface area contributed by atoms with Gasteiger partial charge < -0.3 is 10.6 Å². The SMILES string of the molecule is CC(CCS(C)=O)Nc1nccc(CNC(C)(C)C)c1F. The van der Waals surface area contributed by atoms with Gasteiger partial charge in [-0.3, -0.25) is 4.21 Å². The van der Waals surface area contributed by atoms with E-state index >= 15 is 0 Å². The molecule has 0 radical (unpaired) electrons. The molecule has 2 atom stereocenters. The molecule has 1 heterocycles. The zero-order chi connectivity index (χ0) is 16.0. The fraction of sp³-hybridized carbons (Fsp3) is 0.667. The average Bonchev–Trinajstić information content (AvgIpc) is 2.36. The smallest absolute Gasteiger partial charge is 0.169 e. The van der Waals surface area contributed by atoms with E-state index in [1.165, 1.54) is 0 Å². The van der Waals surface area contributed by atoms with Crippen molar-refractivity contribution in [3.63, 3.8) is 0 Å². The molecule has 4 nitrogen and oxygen atoms in total. The molecule has 0 aliphatic rings. The first kappa shape index (κ1) is 18.0. The van der Waals surface area contributed by atoms with Crippen LogP contribution in [0.2, 0.25) is 0 Å². The van der Waals surface area contributed by atoms with Gasteiger partial charge in [0.15, 0.2) is 11.6 Å². The third-order valence-corrected chi connectivity index (χ3v) is 3.81. The highest BCUT2D eigenvalue weighted by Gasteiger charge is 2.14. The highest BCUT2D eigenvalue weighted by atomic mass is 32.2. The zero-order valence-corrected chi connectivity index (χ0v) is 14.3. The fourth-order valence-corrected chi connectivity index (χ4v) is 2.42. The summed E-state index contributed by atoms with van der Waals surface area (Å²) in [6, 6.07) is 1.71. The molecular weight excluding hydrogens is 289 g/mol. The molecule has 21 heavy (non-hydrogen) atoms. The largest absolute Gasteiger partial charge is 0.365 e. The molecule has 0 aliphatic heterocycles. The first-order valence-corrected chi connectivity index (χ1v) is 8.86. The third-order valence-electron chi connectivity index (χ3n) is 3.00. The third kappa shape index (κ3) is 7.00. The van der Waals surface area contributed by atoms with E-state index in [2.05, 4.69) is 15.6 Å². The van der Waals surface area contributed by atoms with E-state index in [1.807, 2.05) is 27.7 Å². The Kier molecular flexibility index (Phi) is 6.74. The van der Waals surface area contributed by atoms with Gasteiger partial charge in [-0.25, -0.2) is 9.37 Å². The van der Waals surface area contributed by atoms with Gasteiger partial charge in [-0.2, -0.15) is 0 Å². The summed E-state index contributed by atoms with van der Waals surface area (Å²) in [6.45, 7) is 8.52. The van der Waals surface area contributed by atoms with E-state index in [9.17, 15) is 8.60 Å². The second kappa shape index (κ2) is 7.84. The van der Waals surface area contributed by atoms with Crippen molar-refractivity contribution in [3.8, 4) is 0 Å². The molecule has 1 rings (SSSR count). The fourth-order valence-electron chi connectivity index (χ4n) is 1.73. The number of halogens is 1. The topological polar surface area (TPSA) is 54.0 Å². The lowest BCUT2D eigenvalue weighted by Gasteiger charge is -2.21. The van der Waals surface area contributed by atoms with E-state index in [4.69, 9.17) is 0 Å². The molecule has 1 aromatic heterocycles. The summed E-state index contributed by atoms with van der Waals surface area (Å²) in [7, 11) is -0.831. The number of nitrogens with zero attached hydrogens (tertiary/aromatic N) is 1. The lowest BCUT2D eigenvalue weighted by atomic mass is 10.1. The maximum atomic E-state index is 14.4. The molecule has 6 heteroatoms. The Labute approximate surface area is 129 Å². The summed E-state index contributed by atoms with van der Waals surface area (Å²) in [5.74, 6) is 0.539. The second-order valence-corrected chi connectivity index (χ2v) is 7.90. The Hall–Kier alpha value is -1.01. The normalized spacial score (nSPS) is 14.8. The summed E-state index contributed by atoms with van der Waals surface area (Å²) in [5, 5.41) is 6.32. The number of hydrogen-bond acceptors (Lipinski definition) is 4. The van der Waals surface area contributed by atoms with E-state index < -0.39 is 10.8 Å². The number of nitrogens with one attached hydrogen (secondary N) is 2. The van der Waals surface area contributed by atoms with Crippen molar-refractivity contribution in [2.45, 2.75) is 52.2 Å². The Bertz CT molecular complexity index is 488. The lowest BCUT2D eigenvalue weighted by Crippen LogP contribution is -2.35. The molecule has 0 fully saturated rings. The van der Waals surface area contributed by atoms with Crippen LogP contribution in [0.1, 0.15) is 39.7 Å². The minimum absolute atomic E-state index is 0.0294. The van der Waals surface area contributed by atoms with Crippen LogP contribution in [0.15, 0.2) is 12.3 Å². The van der Waals surface area contributed by atoms with Gasteiger partial charge in [0.05, 0.1) is 0 Å². The summed E-state index contributed by atoms with van der Waals surface area (Å²) >= 11 is 0. The van der Waals surface area contributed by atoms with Crippen molar-refractivity contribution in [1.82, 2.24) is 10.3 Å². The van der Waals surface area contributed by atoms with Crippen LogP contribution in [-0.2, 0) is 17.3 Å². The van der Waals surface area contributed by atoms with Crippen LogP contribution in [-0.4, -0.2) is 32.8 Å². The van der Waals surface area contributed by atoms with Gasteiger partial charge in [-0.15, -0.1) is 0 Å². The van der Waals surface area contributed by atoms with E-state index in [0.29, 0.717) is 24.3 Å². The number of aromatic nitrogens is 1. The van der Waals surface area contributed by atoms with Crippen molar-refractivity contribution in [2.24, 2.45) is 0 Å². The molecule has 0 saturated heterocycles. The molecule has 1 aromatic rings. The van der Waals surface area contributed by atoms with Gasteiger partial charge in [0.1, 0.15) is 0 Å². The molecule has 120 valence electrons. The van der Waals surface area contributed by atoms with Crippen molar-refractivity contribution < 1.29 is 8.60 Å². The molecule has 0 bridgehead atoms. The van der Waals surface area contributed by atoms with Gasteiger partial charge in [0, 0.05) is 52.7 Å². The van der Waals surface area contributed by atoms with Gasteiger partial charge in [-0.05, 0) is 40.2 Å². The maximum absolute atomic E-state index is 14.4. The van der Waals surface area contributed by atoms with E-state index in [-0.39, 0.29) is 23.2 Å². The summed E-state index contributed by atoms with van der Waals surface area (Å²) < 4.78 is 25.5. The van der Waals surface area contributed by atoms with Crippen LogP contribution in [0.25, 0.3) is 0 Å². The van der Waals surface area contributed by atoms with Crippen molar-refractivity contribution in [2.75, 3.05) is 17.3 Å². The van der Waals surface area contributed by atoms with Crippen LogP contribution < -0.4 is 10.6 Å². The minimum Gasteiger partial charge on any atom is -0.365 e. The second-order valence-electron chi connectivity index (χ2n) is 6.35. The standard InChI is InChI=1S/C15H26FN3OS/c1-11(7-9-21(5)20)19-14-13(16)12(6-8-17-14)10-18-15(2,3)4/h6,8,11,18H,7,9-10H2,1-5H3,(H,17,19). The lowest BCUT2D eigenvalue weighted by molar-refractivity contribution is 0.418. The molecule has 0 aromatic carbocycles. The van der Waals surface area contributed by atoms with Gasteiger partial charge in [0.25, 0.3) is 0 Å². The molecule has 0 saturated carbocycles. The number of pyridine rings is 1. The Balaban J connectivity index is 2.69. The molecular formula is C15H26FN3OS. The Morgan fingerprint density at radius 1 is 1.43 bits per heavy atom. The Morgan fingerprint density at radius 2 is 2.10 bits per heavy atom. The van der Waals surface area contributed by atoms with Crippen molar-refractivity contribution in [3.05, 3.63) is 23.6 Å². The first-order chi connectivity index (χ1) is 9.69. The predicted octanol–water partition coefficient (Wildman–Crippen LogP) is 2.68. The summed E-state index contributed by atoms with van der Waals surface area (Å²) in [4.78, 5) is 4.06. The Morgan fingerprint density at radius 3 is 2.67 bits per heavy atom.